The molecule has 0 aliphatic heterocycles. The lowest BCUT2D eigenvalue weighted by Crippen LogP contribution is -1.92. The third-order valence-electron chi connectivity index (χ3n) is 2.52. The molecule has 0 amide bonds. The first kappa shape index (κ1) is 12.2. The summed E-state index contributed by atoms with van der Waals surface area (Å²) in [4.78, 5) is 0. The number of hydrogen-bond acceptors (Lipinski definition) is 2. The van der Waals surface area contributed by atoms with Crippen molar-refractivity contribution in [3.63, 3.8) is 0 Å². The number of hydrogen-bond donors (Lipinski definition) is 0. The minimum Gasteiger partial charge on any atom is -0.493 e. The molecule has 0 atom stereocenters. The van der Waals surface area contributed by atoms with E-state index in [1.54, 1.807) is 7.11 Å². The SMILES string of the molecule is C=CCc1ccc(Oc2cc[c]cc2)c(OC)c1. The molecular formula is C16H15O2. The van der Waals surface area contributed by atoms with Gasteiger partial charge in [-0.05, 0) is 42.3 Å². The maximum absolute atomic E-state index is 5.76. The van der Waals surface area contributed by atoms with E-state index >= 15 is 0 Å². The first-order valence-electron chi connectivity index (χ1n) is 5.75. The van der Waals surface area contributed by atoms with Gasteiger partial charge in [-0.1, -0.05) is 24.3 Å². The summed E-state index contributed by atoms with van der Waals surface area (Å²) in [6.07, 6.45) is 2.68. The number of methoxy groups -OCH3 is 1. The maximum atomic E-state index is 5.76. The monoisotopic (exact) mass is 239 g/mol. The van der Waals surface area contributed by atoms with Crippen LogP contribution < -0.4 is 9.47 Å². The summed E-state index contributed by atoms with van der Waals surface area (Å²) in [5, 5.41) is 0. The van der Waals surface area contributed by atoms with Crippen LogP contribution in [0.25, 0.3) is 0 Å². The van der Waals surface area contributed by atoms with Gasteiger partial charge in [0.15, 0.2) is 11.5 Å². The van der Waals surface area contributed by atoms with Crippen molar-refractivity contribution in [2.24, 2.45) is 0 Å². The molecule has 0 fully saturated rings. The lowest BCUT2D eigenvalue weighted by atomic mass is 10.1. The highest BCUT2D eigenvalue weighted by Crippen LogP contribution is 2.32. The van der Waals surface area contributed by atoms with E-state index in [-0.39, 0.29) is 0 Å². The van der Waals surface area contributed by atoms with Gasteiger partial charge in [-0.3, -0.25) is 0 Å². The van der Waals surface area contributed by atoms with Crippen molar-refractivity contribution in [1.82, 2.24) is 0 Å². The highest BCUT2D eigenvalue weighted by Gasteiger charge is 2.06. The molecule has 18 heavy (non-hydrogen) atoms. The molecule has 0 aliphatic carbocycles. The van der Waals surface area contributed by atoms with Crippen molar-refractivity contribution in [3.8, 4) is 17.2 Å². The Kier molecular flexibility index (Phi) is 4.02. The highest BCUT2D eigenvalue weighted by molar-refractivity contribution is 5.45. The molecule has 2 aromatic carbocycles. The van der Waals surface area contributed by atoms with E-state index in [9.17, 15) is 0 Å². The third-order valence-corrected chi connectivity index (χ3v) is 2.52. The van der Waals surface area contributed by atoms with Crippen molar-refractivity contribution in [1.29, 1.82) is 0 Å². The molecule has 0 saturated heterocycles. The molecule has 0 bridgehead atoms. The smallest absolute Gasteiger partial charge is 0.169 e. The van der Waals surface area contributed by atoms with E-state index < -0.39 is 0 Å². The van der Waals surface area contributed by atoms with Gasteiger partial charge in [0.05, 0.1) is 7.11 Å². The summed E-state index contributed by atoms with van der Waals surface area (Å²) >= 11 is 0. The largest absolute Gasteiger partial charge is 0.493 e. The Morgan fingerprint density at radius 1 is 1.17 bits per heavy atom. The van der Waals surface area contributed by atoms with Crippen molar-refractivity contribution >= 4 is 0 Å². The summed E-state index contributed by atoms with van der Waals surface area (Å²) in [5.74, 6) is 2.20. The van der Waals surface area contributed by atoms with Gasteiger partial charge in [0, 0.05) is 0 Å². The van der Waals surface area contributed by atoms with Crippen molar-refractivity contribution in [2.45, 2.75) is 6.42 Å². The Hall–Kier alpha value is -2.22. The molecule has 2 nitrogen and oxygen atoms in total. The molecule has 0 heterocycles. The predicted octanol–water partition coefficient (Wildman–Crippen LogP) is 4.02. The van der Waals surface area contributed by atoms with Gasteiger partial charge in [0.1, 0.15) is 5.75 Å². The second kappa shape index (κ2) is 5.92. The quantitative estimate of drug-likeness (QED) is 0.734. The van der Waals surface area contributed by atoms with Gasteiger partial charge in [-0.2, -0.15) is 0 Å². The van der Waals surface area contributed by atoms with Crippen LogP contribution in [0.5, 0.6) is 17.2 Å². The van der Waals surface area contributed by atoms with E-state index in [1.165, 1.54) is 0 Å². The number of ether oxygens (including phenoxy) is 2. The van der Waals surface area contributed by atoms with Gasteiger partial charge >= 0.3 is 0 Å². The molecule has 2 rings (SSSR count). The standard InChI is InChI=1S/C16H15O2/c1-3-7-13-10-11-15(16(12-13)17-2)18-14-8-5-4-6-9-14/h3,5-6,8-12H,1,7H2,2H3. The molecule has 2 aromatic rings. The Labute approximate surface area is 107 Å². The van der Waals surface area contributed by atoms with Crippen LogP contribution in [0.15, 0.2) is 55.1 Å². The zero-order valence-electron chi connectivity index (χ0n) is 10.3. The van der Waals surface area contributed by atoms with Gasteiger partial charge < -0.3 is 9.47 Å². The van der Waals surface area contributed by atoms with Crippen LogP contribution in [0.2, 0.25) is 0 Å². The Morgan fingerprint density at radius 2 is 1.94 bits per heavy atom. The normalized spacial score (nSPS) is 9.83. The summed E-state index contributed by atoms with van der Waals surface area (Å²) < 4.78 is 11.1. The van der Waals surface area contributed by atoms with E-state index in [0.717, 1.165) is 23.5 Å². The van der Waals surface area contributed by atoms with Gasteiger partial charge in [0.2, 0.25) is 0 Å². The van der Waals surface area contributed by atoms with Crippen molar-refractivity contribution in [3.05, 3.63) is 66.7 Å². The first-order chi connectivity index (χ1) is 8.83. The lowest BCUT2D eigenvalue weighted by molar-refractivity contribution is 0.378. The predicted molar refractivity (Wildman–Crippen MR) is 72.2 cm³/mol. The minimum absolute atomic E-state index is 0.705. The number of rotatable bonds is 5. The molecule has 0 spiro atoms. The van der Waals surface area contributed by atoms with E-state index in [0.29, 0.717) is 5.75 Å². The van der Waals surface area contributed by atoms with Gasteiger partial charge in [-0.25, -0.2) is 0 Å². The molecule has 1 radical (unpaired) electrons. The molecule has 91 valence electrons. The van der Waals surface area contributed by atoms with Crippen molar-refractivity contribution < 1.29 is 9.47 Å². The van der Waals surface area contributed by atoms with E-state index in [2.05, 4.69) is 12.6 Å². The van der Waals surface area contributed by atoms with Crippen molar-refractivity contribution in [2.75, 3.05) is 7.11 Å². The van der Waals surface area contributed by atoms with Crippen LogP contribution in [-0.4, -0.2) is 7.11 Å². The topological polar surface area (TPSA) is 18.5 Å². The van der Waals surface area contributed by atoms with Crippen LogP contribution in [0.3, 0.4) is 0 Å². The fraction of sp³-hybridized carbons (Fsp3) is 0.125. The fourth-order valence-corrected chi connectivity index (χ4v) is 1.66. The molecule has 0 unspecified atom stereocenters. The molecular weight excluding hydrogens is 224 g/mol. The Bertz CT molecular complexity index is 518. The summed E-state index contributed by atoms with van der Waals surface area (Å²) in [6.45, 7) is 3.73. The number of benzene rings is 2. The molecule has 2 heteroatoms. The van der Waals surface area contributed by atoms with Crippen LogP contribution in [0, 0.1) is 6.07 Å². The Morgan fingerprint density at radius 3 is 2.61 bits per heavy atom. The fourth-order valence-electron chi connectivity index (χ4n) is 1.66. The number of allylic oxidation sites excluding steroid dienone is 1. The van der Waals surface area contributed by atoms with Crippen LogP contribution in [0.1, 0.15) is 5.56 Å². The summed E-state index contributed by atoms with van der Waals surface area (Å²) in [5.41, 5.74) is 1.15. The first-order valence-corrected chi connectivity index (χ1v) is 5.75. The summed E-state index contributed by atoms with van der Waals surface area (Å²) in [6, 6.07) is 16.2. The zero-order chi connectivity index (χ0) is 12.8. The average Bonchev–Trinajstić information content (AvgIpc) is 2.42. The van der Waals surface area contributed by atoms with Crippen LogP contribution in [-0.2, 0) is 6.42 Å². The van der Waals surface area contributed by atoms with E-state index in [1.807, 2.05) is 48.5 Å². The second-order valence-electron chi connectivity index (χ2n) is 3.82. The summed E-state index contributed by atoms with van der Waals surface area (Å²) in [7, 11) is 1.64. The lowest BCUT2D eigenvalue weighted by Gasteiger charge is -2.11. The zero-order valence-corrected chi connectivity index (χ0v) is 10.3. The highest BCUT2D eigenvalue weighted by atomic mass is 16.5. The van der Waals surface area contributed by atoms with Gasteiger partial charge in [-0.15, -0.1) is 6.58 Å². The van der Waals surface area contributed by atoms with E-state index in [4.69, 9.17) is 9.47 Å². The van der Waals surface area contributed by atoms with Crippen LogP contribution >= 0.6 is 0 Å². The molecule has 0 aliphatic rings. The second-order valence-corrected chi connectivity index (χ2v) is 3.82. The maximum Gasteiger partial charge on any atom is 0.169 e. The molecule has 0 aromatic heterocycles. The third kappa shape index (κ3) is 2.92. The Balaban J connectivity index is 2.25. The minimum atomic E-state index is 0.705. The average molecular weight is 239 g/mol. The molecule has 0 saturated carbocycles. The molecule has 0 N–H and O–H groups in total. The van der Waals surface area contributed by atoms with Crippen LogP contribution in [0.4, 0.5) is 0 Å². The van der Waals surface area contributed by atoms with Gasteiger partial charge in [0.25, 0.3) is 0 Å².